The van der Waals surface area contributed by atoms with E-state index in [0.717, 1.165) is 16.8 Å². The van der Waals surface area contributed by atoms with Crippen molar-refractivity contribution in [2.45, 2.75) is 56.9 Å². The molecule has 5 rings (SSSR count). The van der Waals surface area contributed by atoms with Crippen LogP contribution in [0.25, 0.3) is 0 Å². The molecule has 2 aromatic carbocycles. The van der Waals surface area contributed by atoms with Crippen LogP contribution in [0.5, 0.6) is 0 Å². The number of ether oxygens (including phenoxy) is 2. The van der Waals surface area contributed by atoms with Gasteiger partial charge in [-0.05, 0) is 55.9 Å². The summed E-state index contributed by atoms with van der Waals surface area (Å²) in [6.07, 6.45) is 4.27. The zero-order valence-electron chi connectivity index (χ0n) is 23.7. The number of fused-ring (bicyclic) bond motifs is 1. The molecule has 0 saturated carbocycles. The zero-order valence-corrected chi connectivity index (χ0v) is 23.7. The minimum Gasteiger partial charge on any atom is -0.465 e. The van der Waals surface area contributed by atoms with E-state index in [4.69, 9.17) is 9.47 Å². The molecule has 0 aromatic heterocycles. The minimum absolute atomic E-state index is 0.161. The fourth-order valence-corrected chi connectivity index (χ4v) is 6.94. The summed E-state index contributed by atoms with van der Waals surface area (Å²) in [5.41, 5.74) is 2.08. The Morgan fingerprint density at radius 3 is 2.63 bits per heavy atom. The number of aliphatic hydroxyl groups excluding tert-OH is 1. The number of aliphatic hydroxyl groups is 1. The van der Waals surface area contributed by atoms with E-state index in [1.54, 1.807) is 17.1 Å². The summed E-state index contributed by atoms with van der Waals surface area (Å²) >= 11 is 0. The highest BCUT2D eigenvalue weighted by atomic mass is 16.6. The van der Waals surface area contributed by atoms with E-state index in [9.17, 15) is 19.5 Å². The molecular weight excluding hydrogens is 520 g/mol. The lowest BCUT2D eigenvalue weighted by Crippen LogP contribution is -2.57. The molecule has 1 spiro atoms. The predicted molar refractivity (Wildman–Crippen MR) is 155 cm³/mol. The average Bonchev–Trinajstić information content (AvgIpc) is 3.62. The number of esters is 1. The Kier molecular flexibility index (Phi) is 8.16. The van der Waals surface area contributed by atoms with Gasteiger partial charge in [-0.25, -0.2) is 0 Å². The summed E-state index contributed by atoms with van der Waals surface area (Å²) in [7, 11) is 0. The lowest BCUT2D eigenvalue weighted by molar-refractivity contribution is -0.155. The third-order valence-corrected chi connectivity index (χ3v) is 8.74. The van der Waals surface area contributed by atoms with Crippen molar-refractivity contribution in [3.63, 3.8) is 0 Å². The summed E-state index contributed by atoms with van der Waals surface area (Å²) in [6, 6.07) is 13.2. The fraction of sp³-hybridized carbons (Fsp3) is 0.424. The Bertz CT molecular complexity index is 1340. The van der Waals surface area contributed by atoms with Gasteiger partial charge in [0.05, 0.1) is 37.2 Å². The molecule has 3 heterocycles. The van der Waals surface area contributed by atoms with Gasteiger partial charge in [0.25, 0.3) is 5.91 Å². The fourth-order valence-electron chi connectivity index (χ4n) is 6.94. The van der Waals surface area contributed by atoms with Crippen molar-refractivity contribution in [3.8, 4) is 0 Å². The van der Waals surface area contributed by atoms with E-state index in [2.05, 4.69) is 13.2 Å². The molecule has 2 unspecified atom stereocenters. The molecule has 8 heteroatoms. The molecular formula is C33H38N2O6. The van der Waals surface area contributed by atoms with E-state index >= 15 is 0 Å². The van der Waals surface area contributed by atoms with E-state index in [1.165, 1.54) is 4.90 Å². The molecule has 6 atom stereocenters. The van der Waals surface area contributed by atoms with Crippen LogP contribution in [-0.4, -0.2) is 65.3 Å². The van der Waals surface area contributed by atoms with Crippen molar-refractivity contribution in [2.24, 2.45) is 11.8 Å². The SMILES string of the molecule is C=CCCOC(=O)[C@@H]1[C@H]2C(=O)N([C@H](CO)c3ccccc3)C(C(=O)N(CC=C)c3cc(C)ccc3C)C23CC[C@H]1O3. The van der Waals surface area contributed by atoms with Crippen molar-refractivity contribution in [1.82, 2.24) is 4.90 Å². The Morgan fingerprint density at radius 1 is 1.20 bits per heavy atom. The maximum absolute atomic E-state index is 14.8. The van der Waals surface area contributed by atoms with Gasteiger partial charge in [0.2, 0.25) is 5.91 Å². The van der Waals surface area contributed by atoms with Crippen molar-refractivity contribution in [1.29, 1.82) is 0 Å². The summed E-state index contributed by atoms with van der Waals surface area (Å²) in [5.74, 6) is -2.93. The van der Waals surface area contributed by atoms with Crippen molar-refractivity contribution in [2.75, 3.05) is 24.7 Å². The van der Waals surface area contributed by atoms with E-state index in [-0.39, 0.29) is 25.0 Å². The Hall–Kier alpha value is -3.75. The third kappa shape index (κ3) is 4.79. The number of carbonyl (C=O) groups is 3. The molecule has 0 radical (unpaired) electrons. The number of rotatable bonds is 11. The van der Waals surface area contributed by atoms with Gasteiger partial charge in [-0.1, -0.05) is 54.6 Å². The van der Waals surface area contributed by atoms with Gasteiger partial charge < -0.3 is 24.4 Å². The second-order valence-electron chi connectivity index (χ2n) is 11.2. The number of benzene rings is 2. The molecule has 216 valence electrons. The standard InChI is InChI=1S/C33H38N2O6/c1-5-7-18-40-32(39)27-26-15-16-33(41-26)28(27)30(37)35(25(20-36)23-11-9-8-10-12-23)29(33)31(38)34(17-6-2)24-19-21(3)13-14-22(24)4/h5-6,8-14,19,25-29,36H,1-2,7,15-18,20H2,3-4H3/t25-,26-,27+,28+,29?,33?/m1/s1. The van der Waals surface area contributed by atoms with Crippen LogP contribution in [0.15, 0.2) is 73.8 Å². The molecule has 3 aliphatic rings. The quantitative estimate of drug-likeness (QED) is 0.254. The topological polar surface area (TPSA) is 96.4 Å². The third-order valence-electron chi connectivity index (χ3n) is 8.74. The summed E-state index contributed by atoms with van der Waals surface area (Å²) in [6.45, 7) is 11.4. The lowest BCUT2D eigenvalue weighted by Gasteiger charge is -2.39. The van der Waals surface area contributed by atoms with Crippen LogP contribution < -0.4 is 4.90 Å². The smallest absolute Gasteiger partial charge is 0.312 e. The van der Waals surface area contributed by atoms with Crippen molar-refractivity contribution < 1.29 is 29.0 Å². The number of amides is 2. The molecule has 3 aliphatic heterocycles. The summed E-state index contributed by atoms with van der Waals surface area (Å²) in [5, 5.41) is 10.7. The first kappa shape index (κ1) is 28.8. The molecule has 2 bridgehead atoms. The number of aryl methyl sites for hydroxylation is 2. The number of hydrogen-bond donors (Lipinski definition) is 1. The van der Waals surface area contributed by atoms with Crippen LogP contribution in [0, 0.1) is 25.7 Å². The molecule has 2 aromatic rings. The van der Waals surface area contributed by atoms with Gasteiger partial charge in [0, 0.05) is 12.2 Å². The average molecular weight is 559 g/mol. The van der Waals surface area contributed by atoms with Crippen LogP contribution >= 0.6 is 0 Å². The highest BCUT2D eigenvalue weighted by Crippen LogP contribution is 2.60. The number of hydrogen-bond acceptors (Lipinski definition) is 6. The number of anilines is 1. The second-order valence-corrected chi connectivity index (χ2v) is 11.2. The van der Waals surface area contributed by atoms with Crippen LogP contribution in [0.1, 0.15) is 42.0 Å². The molecule has 2 amide bonds. The van der Waals surface area contributed by atoms with Gasteiger partial charge in [-0.15, -0.1) is 13.2 Å². The normalized spacial score (nSPS) is 26.9. The van der Waals surface area contributed by atoms with Gasteiger partial charge in [0.15, 0.2) is 0 Å². The first-order valence-electron chi connectivity index (χ1n) is 14.2. The predicted octanol–water partition coefficient (Wildman–Crippen LogP) is 4.05. The lowest BCUT2D eigenvalue weighted by atomic mass is 9.70. The van der Waals surface area contributed by atoms with E-state index in [1.807, 2.05) is 62.4 Å². The van der Waals surface area contributed by atoms with Gasteiger partial charge in [0.1, 0.15) is 11.6 Å². The number of carbonyl (C=O) groups excluding carboxylic acids is 3. The van der Waals surface area contributed by atoms with Crippen LogP contribution in [0.2, 0.25) is 0 Å². The molecule has 3 saturated heterocycles. The molecule has 0 aliphatic carbocycles. The van der Waals surface area contributed by atoms with Crippen LogP contribution in [0.3, 0.4) is 0 Å². The first-order chi connectivity index (χ1) is 19.8. The van der Waals surface area contributed by atoms with Gasteiger partial charge >= 0.3 is 5.97 Å². The number of nitrogens with zero attached hydrogens (tertiary/aromatic N) is 2. The van der Waals surface area contributed by atoms with Crippen LogP contribution in [-0.2, 0) is 23.9 Å². The summed E-state index contributed by atoms with van der Waals surface area (Å²) < 4.78 is 12.1. The highest BCUT2D eigenvalue weighted by Gasteiger charge is 2.75. The number of likely N-dealkylation sites (tertiary alicyclic amines) is 1. The van der Waals surface area contributed by atoms with Crippen LogP contribution in [0.4, 0.5) is 5.69 Å². The largest absolute Gasteiger partial charge is 0.465 e. The van der Waals surface area contributed by atoms with Gasteiger partial charge in [-0.2, -0.15) is 0 Å². The maximum atomic E-state index is 14.8. The molecule has 8 nitrogen and oxygen atoms in total. The second kappa shape index (κ2) is 11.6. The monoisotopic (exact) mass is 558 g/mol. The zero-order chi connectivity index (χ0) is 29.3. The highest BCUT2D eigenvalue weighted by molar-refractivity contribution is 6.05. The first-order valence-corrected chi connectivity index (χ1v) is 14.2. The van der Waals surface area contributed by atoms with Gasteiger partial charge in [-0.3, -0.25) is 14.4 Å². The Morgan fingerprint density at radius 2 is 1.95 bits per heavy atom. The van der Waals surface area contributed by atoms with E-state index in [0.29, 0.717) is 24.8 Å². The Balaban J connectivity index is 1.63. The molecule has 41 heavy (non-hydrogen) atoms. The molecule has 3 fully saturated rings. The summed E-state index contributed by atoms with van der Waals surface area (Å²) in [4.78, 5) is 45.8. The minimum atomic E-state index is -1.22. The maximum Gasteiger partial charge on any atom is 0.312 e. The van der Waals surface area contributed by atoms with Crippen molar-refractivity contribution in [3.05, 3.63) is 90.5 Å². The molecule has 1 N–H and O–H groups in total. The Labute approximate surface area is 241 Å². The van der Waals surface area contributed by atoms with E-state index < -0.39 is 48.2 Å². The van der Waals surface area contributed by atoms with Crippen molar-refractivity contribution >= 4 is 23.5 Å².